The molecule has 17 heavy (non-hydrogen) atoms. The van der Waals surface area contributed by atoms with E-state index >= 15 is 0 Å². The van der Waals surface area contributed by atoms with Crippen molar-refractivity contribution >= 4 is 17.4 Å². The molecule has 1 atom stereocenters. The summed E-state index contributed by atoms with van der Waals surface area (Å²) >= 11 is 1.97. The van der Waals surface area contributed by atoms with Gasteiger partial charge in [0.2, 0.25) is 0 Å². The number of pyridine rings is 1. The highest BCUT2D eigenvalue weighted by Gasteiger charge is 2.04. The minimum Gasteiger partial charge on any atom is -0.308 e. The molecule has 0 saturated heterocycles. The lowest BCUT2D eigenvalue weighted by Crippen LogP contribution is -2.27. The van der Waals surface area contributed by atoms with Crippen LogP contribution in [0.15, 0.2) is 30.6 Å². The van der Waals surface area contributed by atoms with Crippen LogP contribution in [-0.4, -0.2) is 26.9 Å². The highest BCUT2D eigenvalue weighted by atomic mass is 32.2. The lowest BCUT2D eigenvalue weighted by molar-refractivity contribution is 0.590. The Labute approximate surface area is 107 Å². The fraction of sp³-hybridized carbons (Fsp3) is 0.462. The van der Waals surface area contributed by atoms with Gasteiger partial charge in [-0.1, -0.05) is 13.0 Å². The molecule has 2 heterocycles. The van der Waals surface area contributed by atoms with Crippen molar-refractivity contribution in [2.75, 3.05) is 11.5 Å². The van der Waals surface area contributed by atoms with Crippen molar-refractivity contribution in [1.82, 2.24) is 14.7 Å². The van der Waals surface area contributed by atoms with E-state index in [4.69, 9.17) is 0 Å². The molecule has 0 radical (unpaired) electrons. The third kappa shape index (κ3) is 3.48. The summed E-state index contributed by atoms with van der Waals surface area (Å²) in [6.07, 6.45) is 4.12. The molecule has 0 unspecified atom stereocenters. The highest BCUT2D eigenvalue weighted by Crippen LogP contribution is 2.06. The lowest BCUT2D eigenvalue weighted by atomic mass is 10.3. The van der Waals surface area contributed by atoms with Crippen LogP contribution in [-0.2, 0) is 6.54 Å². The largest absolute Gasteiger partial charge is 0.308 e. The number of aromatic nitrogens is 2. The van der Waals surface area contributed by atoms with Gasteiger partial charge in [-0.25, -0.2) is 4.98 Å². The third-order valence-electron chi connectivity index (χ3n) is 2.62. The van der Waals surface area contributed by atoms with Crippen LogP contribution in [0.4, 0.5) is 0 Å². The van der Waals surface area contributed by atoms with E-state index in [1.165, 1.54) is 5.75 Å². The number of hydrogen-bond donors (Lipinski definition) is 1. The van der Waals surface area contributed by atoms with Crippen LogP contribution in [0.1, 0.15) is 19.5 Å². The lowest BCUT2D eigenvalue weighted by Gasteiger charge is -2.11. The molecule has 3 nitrogen and oxygen atoms in total. The minimum absolute atomic E-state index is 0.532. The quantitative estimate of drug-likeness (QED) is 0.853. The zero-order valence-electron chi connectivity index (χ0n) is 10.4. The summed E-state index contributed by atoms with van der Waals surface area (Å²) in [4.78, 5) is 4.56. The van der Waals surface area contributed by atoms with E-state index in [9.17, 15) is 0 Å². The van der Waals surface area contributed by atoms with Gasteiger partial charge in [0.1, 0.15) is 5.65 Å². The Morgan fingerprint density at radius 3 is 3.12 bits per heavy atom. The first-order valence-electron chi connectivity index (χ1n) is 6.03. The molecular formula is C13H19N3S. The van der Waals surface area contributed by atoms with Gasteiger partial charge in [-0.15, -0.1) is 0 Å². The number of imidazole rings is 1. The van der Waals surface area contributed by atoms with E-state index in [-0.39, 0.29) is 0 Å². The van der Waals surface area contributed by atoms with Gasteiger partial charge >= 0.3 is 0 Å². The van der Waals surface area contributed by atoms with E-state index in [0.717, 1.165) is 23.6 Å². The molecule has 2 aromatic rings. The van der Waals surface area contributed by atoms with Crippen molar-refractivity contribution < 1.29 is 0 Å². The summed E-state index contributed by atoms with van der Waals surface area (Å²) in [5, 5.41) is 3.50. The second-order valence-corrected chi connectivity index (χ2v) is 5.46. The normalized spacial score (nSPS) is 13.1. The molecule has 1 N–H and O–H groups in total. The zero-order valence-corrected chi connectivity index (χ0v) is 11.2. The Hall–Kier alpha value is -1.00. The summed E-state index contributed by atoms with van der Waals surface area (Å²) in [5.41, 5.74) is 2.12. The molecule has 0 aliphatic heterocycles. The molecule has 0 saturated carbocycles. The van der Waals surface area contributed by atoms with Crippen LogP contribution >= 0.6 is 11.8 Å². The Morgan fingerprint density at radius 2 is 2.35 bits per heavy atom. The fourth-order valence-electron chi connectivity index (χ4n) is 1.70. The van der Waals surface area contributed by atoms with Gasteiger partial charge in [-0.2, -0.15) is 11.8 Å². The number of rotatable bonds is 6. The second kappa shape index (κ2) is 6.07. The van der Waals surface area contributed by atoms with Gasteiger partial charge in [0, 0.05) is 30.7 Å². The minimum atomic E-state index is 0.532. The van der Waals surface area contributed by atoms with E-state index in [1.54, 1.807) is 0 Å². The van der Waals surface area contributed by atoms with Crippen molar-refractivity contribution in [2.45, 2.75) is 26.4 Å². The zero-order chi connectivity index (χ0) is 12.1. The van der Waals surface area contributed by atoms with Crippen LogP contribution in [0, 0.1) is 0 Å². The highest BCUT2D eigenvalue weighted by molar-refractivity contribution is 7.99. The maximum atomic E-state index is 4.56. The van der Waals surface area contributed by atoms with Crippen molar-refractivity contribution in [2.24, 2.45) is 0 Å². The Balaban J connectivity index is 1.90. The summed E-state index contributed by atoms with van der Waals surface area (Å²) in [5.74, 6) is 2.34. The monoisotopic (exact) mass is 249 g/mol. The van der Waals surface area contributed by atoms with Gasteiger partial charge in [-0.3, -0.25) is 0 Å². The van der Waals surface area contributed by atoms with Crippen LogP contribution in [0.3, 0.4) is 0 Å². The predicted molar refractivity (Wildman–Crippen MR) is 74.5 cm³/mol. The number of thioether (sulfide) groups is 1. The van der Waals surface area contributed by atoms with Gasteiger partial charge in [-0.05, 0) is 24.8 Å². The first-order valence-corrected chi connectivity index (χ1v) is 7.19. The molecule has 0 aliphatic rings. The molecule has 0 fully saturated rings. The predicted octanol–water partition coefficient (Wildman–Crippen LogP) is 2.57. The molecule has 0 amide bonds. The van der Waals surface area contributed by atoms with Crippen LogP contribution in [0.5, 0.6) is 0 Å². The van der Waals surface area contributed by atoms with Crippen LogP contribution in [0.25, 0.3) is 5.65 Å². The Bertz CT molecular complexity index is 433. The molecule has 0 spiro atoms. The van der Waals surface area contributed by atoms with Crippen LogP contribution < -0.4 is 5.32 Å². The average molecular weight is 249 g/mol. The van der Waals surface area contributed by atoms with E-state index in [0.29, 0.717) is 6.04 Å². The Kier molecular flexibility index (Phi) is 4.45. The van der Waals surface area contributed by atoms with Crippen LogP contribution in [0.2, 0.25) is 0 Å². The van der Waals surface area contributed by atoms with Crippen molar-refractivity contribution in [1.29, 1.82) is 0 Å². The molecular weight excluding hydrogens is 230 g/mol. The van der Waals surface area contributed by atoms with E-state index in [2.05, 4.69) is 34.7 Å². The smallest absolute Gasteiger partial charge is 0.137 e. The first kappa shape index (κ1) is 12.5. The Morgan fingerprint density at radius 1 is 1.47 bits per heavy atom. The maximum absolute atomic E-state index is 4.56. The summed E-state index contributed by atoms with van der Waals surface area (Å²) in [7, 11) is 0. The standard InChI is InChI=1S/C13H19N3S/c1-3-17-10-11(2)14-8-12-9-16-7-5-4-6-13(16)15-12/h4-7,9,11,14H,3,8,10H2,1-2H3/t11-/m1/s1. The molecule has 0 bridgehead atoms. The van der Waals surface area contributed by atoms with Crippen molar-refractivity contribution in [3.63, 3.8) is 0 Å². The molecule has 92 valence electrons. The molecule has 2 aromatic heterocycles. The van der Waals surface area contributed by atoms with E-state index in [1.807, 2.05) is 36.2 Å². The summed E-state index contributed by atoms with van der Waals surface area (Å²) in [6, 6.07) is 6.59. The number of nitrogens with one attached hydrogen (secondary N) is 1. The van der Waals surface area contributed by atoms with E-state index < -0.39 is 0 Å². The molecule has 0 aliphatic carbocycles. The van der Waals surface area contributed by atoms with Gasteiger partial charge in [0.05, 0.1) is 5.69 Å². The summed E-state index contributed by atoms with van der Waals surface area (Å²) in [6.45, 7) is 5.26. The van der Waals surface area contributed by atoms with Gasteiger partial charge < -0.3 is 9.72 Å². The fourth-order valence-corrected chi connectivity index (χ4v) is 2.41. The molecule has 2 rings (SSSR count). The third-order valence-corrected chi connectivity index (χ3v) is 3.76. The van der Waals surface area contributed by atoms with Gasteiger partial charge in [0.25, 0.3) is 0 Å². The maximum Gasteiger partial charge on any atom is 0.137 e. The second-order valence-electron chi connectivity index (χ2n) is 4.14. The van der Waals surface area contributed by atoms with Gasteiger partial charge in [0.15, 0.2) is 0 Å². The molecule has 4 heteroatoms. The topological polar surface area (TPSA) is 29.3 Å². The number of nitrogens with zero attached hydrogens (tertiary/aromatic N) is 2. The first-order chi connectivity index (χ1) is 8.29. The molecule has 0 aromatic carbocycles. The van der Waals surface area contributed by atoms with Crippen molar-refractivity contribution in [3.8, 4) is 0 Å². The van der Waals surface area contributed by atoms with Crippen molar-refractivity contribution in [3.05, 3.63) is 36.3 Å². The number of fused-ring (bicyclic) bond motifs is 1. The number of hydrogen-bond acceptors (Lipinski definition) is 3. The summed E-state index contributed by atoms with van der Waals surface area (Å²) < 4.78 is 2.06. The average Bonchev–Trinajstić information content (AvgIpc) is 2.76. The SMILES string of the molecule is CCSC[C@@H](C)NCc1cn2ccccc2n1.